The van der Waals surface area contributed by atoms with Gasteiger partial charge in [-0.2, -0.15) is 0 Å². The summed E-state index contributed by atoms with van der Waals surface area (Å²) in [6, 6.07) is 24.8. The van der Waals surface area contributed by atoms with Crippen LogP contribution >= 0.6 is 0 Å². The van der Waals surface area contributed by atoms with Crippen LogP contribution in [0, 0.1) is 5.92 Å². The fourth-order valence-corrected chi connectivity index (χ4v) is 3.79. The van der Waals surface area contributed by atoms with E-state index >= 15 is 0 Å². The van der Waals surface area contributed by atoms with E-state index in [-0.39, 0.29) is 30.8 Å². The first-order valence-electron chi connectivity index (χ1n) is 11.8. The third kappa shape index (κ3) is 6.15. The van der Waals surface area contributed by atoms with Gasteiger partial charge in [-0.25, -0.2) is 0 Å². The van der Waals surface area contributed by atoms with Crippen molar-refractivity contribution in [2.45, 2.75) is 26.3 Å². The molecule has 3 N–H and O–H groups in total. The van der Waals surface area contributed by atoms with Gasteiger partial charge in [-0.1, -0.05) is 44.2 Å². The molecule has 0 spiro atoms. The molecule has 1 atom stereocenters. The number of carboxylic acids is 1. The first-order valence-corrected chi connectivity index (χ1v) is 11.8. The van der Waals surface area contributed by atoms with Crippen LogP contribution in [0.15, 0.2) is 83.3 Å². The van der Waals surface area contributed by atoms with E-state index in [9.17, 15) is 9.59 Å². The Hall–Kier alpha value is -4.46. The summed E-state index contributed by atoms with van der Waals surface area (Å²) >= 11 is 0. The third-order valence-electron chi connectivity index (χ3n) is 5.72. The Labute approximate surface area is 209 Å². The zero-order chi connectivity index (χ0) is 25.5. The Morgan fingerprint density at radius 3 is 2.06 bits per heavy atom. The summed E-state index contributed by atoms with van der Waals surface area (Å²) < 4.78 is 5.85. The number of aliphatic carboxylic acids is 1. The molecule has 0 saturated carbocycles. The van der Waals surface area contributed by atoms with E-state index in [1.807, 2.05) is 66.7 Å². The van der Waals surface area contributed by atoms with E-state index in [0.717, 1.165) is 22.4 Å². The highest BCUT2D eigenvalue weighted by atomic mass is 16.4. The van der Waals surface area contributed by atoms with Crippen LogP contribution in [-0.2, 0) is 4.79 Å². The highest BCUT2D eigenvalue weighted by molar-refractivity contribution is 5.94. The van der Waals surface area contributed by atoms with Crippen molar-refractivity contribution in [3.63, 3.8) is 0 Å². The molecule has 3 aromatic carbocycles. The normalized spacial score (nSPS) is 11.8. The molecule has 36 heavy (non-hydrogen) atoms. The van der Waals surface area contributed by atoms with Gasteiger partial charge in [0.05, 0.1) is 12.5 Å². The van der Waals surface area contributed by atoms with Crippen LogP contribution in [0.4, 0.5) is 5.69 Å². The van der Waals surface area contributed by atoms with Crippen molar-refractivity contribution in [1.82, 2.24) is 15.5 Å². The third-order valence-corrected chi connectivity index (χ3v) is 5.72. The molecule has 0 unspecified atom stereocenters. The summed E-state index contributed by atoms with van der Waals surface area (Å²) in [6.07, 6.45) is -0.108. The van der Waals surface area contributed by atoms with Gasteiger partial charge in [0.15, 0.2) is 0 Å². The number of benzene rings is 3. The van der Waals surface area contributed by atoms with Gasteiger partial charge in [0.25, 0.3) is 5.91 Å². The minimum Gasteiger partial charge on any atom is -0.481 e. The lowest BCUT2D eigenvalue weighted by Gasteiger charge is -2.24. The van der Waals surface area contributed by atoms with Crippen molar-refractivity contribution >= 4 is 17.6 Å². The molecular formula is C28H28N4O4. The molecule has 0 aliphatic rings. The summed E-state index contributed by atoms with van der Waals surface area (Å²) in [7, 11) is 0. The maximum Gasteiger partial charge on any atom is 0.305 e. The van der Waals surface area contributed by atoms with Gasteiger partial charge < -0.3 is 20.2 Å². The number of aromatic nitrogens is 2. The number of rotatable bonds is 10. The molecule has 8 heteroatoms. The molecule has 1 heterocycles. The van der Waals surface area contributed by atoms with E-state index in [1.165, 1.54) is 0 Å². The van der Waals surface area contributed by atoms with Crippen molar-refractivity contribution < 1.29 is 19.1 Å². The number of carbonyl (C=O) groups excluding carboxylic acids is 1. The van der Waals surface area contributed by atoms with Gasteiger partial charge in [-0.15, -0.1) is 10.2 Å². The molecule has 0 bridgehead atoms. The average Bonchev–Trinajstić information content (AvgIpc) is 3.38. The average molecular weight is 485 g/mol. The molecule has 0 saturated heterocycles. The highest BCUT2D eigenvalue weighted by Crippen LogP contribution is 2.29. The number of hydrogen-bond donors (Lipinski definition) is 3. The summed E-state index contributed by atoms with van der Waals surface area (Å²) in [6.45, 7) is 4.35. The number of nitrogens with one attached hydrogen (secondary N) is 2. The number of carboxylic acid groups (broad SMARTS) is 1. The molecular weight excluding hydrogens is 456 g/mol. The van der Waals surface area contributed by atoms with Crippen LogP contribution < -0.4 is 10.6 Å². The number of nitrogens with zero attached hydrogens (tertiary/aromatic N) is 2. The van der Waals surface area contributed by atoms with Gasteiger partial charge in [0.2, 0.25) is 11.8 Å². The number of carbonyl (C=O) groups is 2. The SMILES string of the molecule is CC(C)[C@@H](Nc1ccc(-c2nnc(-c3ccccc3)o2)cc1)c1ccc(C(=O)NCCC(=O)O)cc1. The maximum atomic E-state index is 12.2. The lowest BCUT2D eigenvalue weighted by atomic mass is 9.94. The summed E-state index contributed by atoms with van der Waals surface area (Å²) in [5.74, 6) is -0.0172. The van der Waals surface area contributed by atoms with Crippen LogP contribution in [0.25, 0.3) is 22.9 Å². The van der Waals surface area contributed by atoms with E-state index in [1.54, 1.807) is 12.1 Å². The van der Waals surface area contributed by atoms with Crippen LogP contribution in [0.3, 0.4) is 0 Å². The fraction of sp³-hybridized carbons (Fsp3) is 0.214. The number of anilines is 1. The predicted octanol–water partition coefficient (Wildman–Crippen LogP) is 5.42. The van der Waals surface area contributed by atoms with Crippen molar-refractivity contribution in [2.24, 2.45) is 5.92 Å². The van der Waals surface area contributed by atoms with Crippen LogP contribution in [0.1, 0.15) is 42.2 Å². The molecule has 0 fully saturated rings. The molecule has 0 aliphatic heterocycles. The Morgan fingerprint density at radius 1 is 0.861 bits per heavy atom. The fourth-order valence-electron chi connectivity index (χ4n) is 3.79. The summed E-state index contributed by atoms with van der Waals surface area (Å²) in [5, 5.41) is 23.2. The predicted molar refractivity (Wildman–Crippen MR) is 137 cm³/mol. The molecule has 1 aromatic heterocycles. The Morgan fingerprint density at radius 2 is 1.47 bits per heavy atom. The first-order chi connectivity index (χ1) is 17.4. The second kappa shape index (κ2) is 11.3. The lowest BCUT2D eigenvalue weighted by Crippen LogP contribution is -2.26. The second-order valence-electron chi connectivity index (χ2n) is 8.74. The lowest BCUT2D eigenvalue weighted by molar-refractivity contribution is -0.136. The summed E-state index contributed by atoms with van der Waals surface area (Å²) in [4.78, 5) is 22.9. The van der Waals surface area contributed by atoms with E-state index < -0.39 is 5.97 Å². The van der Waals surface area contributed by atoms with Crippen molar-refractivity contribution in [1.29, 1.82) is 0 Å². The minimum atomic E-state index is -0.946. The second-order valence-corrected chi connectivity index (χ2v) is 8.74. The topological polar surface area (TPSA) is 117 Å². The zero-order valence-electron chi connectivity index (χ0n) is 20.1. The van der Waals surface area contributed by atoms with Gasteiger partial charge in [-0.3, -0.25) is 9.59 Å². The quantitative estimate of drug-likeness (QED) is 0.275. The van der Waals surface area contributed by atoms with E-state index in [0.29, 0.717) is 17.3 Å². The molecule has 1 amide bonds. The van der Waals surface area contributed by atoms with Gasteiger partial charge in [0, 0.05) is 28.9 Å². The van der Waals surface area contributed by atoms with Crippen molar-refractivity contribution in [2.75, 3.05) is 11.9 Å². The van der Waals surface area contributed by atoms with Gasteiger partial charge in [-0.05, 0) is 60.0 Å². The highest BCUT2D eigenvalue weighted by Gasteiger charge is 2.17. The van der Waals surface area contributed by atoms with Crippen LogP contribution in [0.2, 0.25) is 0 Å². The molecule has 0 aliphatic carbocycles. The minimum absolute atomic E-state index is 0.0214. The molecule has 4 aromatic rings. The van der Waals surface area contributed by atoms with Gasteiger partial charge >= 0.3 is 5.97 Å². The Balaban J connectivity index is 1.42. The molecule has 0 radical (unpaired) electrons. The van der Waals surface area contributed by atoms with Crippen LogP contribution in [0.5, 0.6) is 0 Å². The largest absolute Gasteiger partial charge is 0.481 e. The first kappa shape index (κ1) is 24.7. The van der Waals surface area contributed by atoms with E-state index in [2.05, 4.69) is 34.7 Å². The zero-order valence-corrected chi connectivity index (χ0v) is 20.1. The maximum absolute atomic E-state index is 12.2. The molecule has 4 rings (SSSR count). The van der Waals surface area contributed by atoms with Gasteiger partial charge in [0.1, 0.15) is 0 Å². The number of amides is 1. The standard InChI is InChI=1S/C28H28N4O4/c1-18(2)25(19-8-10-20(11-9-19)26(35)29-17-16-24(33)34)30-23-14-12-22(13-15-23)28-32-31-27(36-28)21-6-4-3-5-7-21/h3-15,18,25,30H,16-17H2,1-2H3,(H,29,35)(H,33,34)/t25-/m1/s1. The monoisotopic (exact) mass is 484 g/mol. The number of hydrogen-bond acceptors (Lipinski definition) is 6. The Bertz CT molecular complexity index is 1300. The van der Waals surface area contributed by atoms with Crippen molar-refractivity contribution in [3.8, 4) is 22.9 Å². The molecule has 8 nitrogen and oxygen atoms in total. The molecule has 184 valence electrons. The smallest absolute Gasteiger partial charge is 0.305 e. The van der Waals surface area contributed by atoms with Crippen LogP contribution in [-0.4, -0.2) is 33.7 Å². The van der Waals surface area contributed by atoms with E-state index in [4.69, 9.17) is 9.52 Å². The summed E-state index contributed by atoms with van der Waals surface area (Å²) in [5.41, 5.74) is 4.18. The Kier molecular flexibility index (Phi) is 7.75. The van der Waals surface area contributed by atoms with Crippen molar-refractivity contribution in [3.05, 3.63) is 90.0 Å².